The lowest BCUT2D eigenvalue weighted by Crippen LogP contribution is -2.29. The molecule has 0 radical (unpaired) electrons. The molecule has 0 aliphatic carbocycles. The largest absolute Gasteiger partial charge is 0.325 e. The summed E-state index contributed by atoms with van der Waals surface area (Å²) < 4.78 is 1.96. The smallest absolute Gasteiger partial charge is 0.238 e. The Morgan fingerprint density at radius 1 is 1.12 bits per heavy atom. The van der Waals surface area contributed by atoms with Gasteiger partial charge in [0, 0.05) is 5.69 Å². The van der Waals surface area contributed by atoms with E-state index < -0.39 is 0 Å². The van der Waals surface area contributed by atoms with Gasteiger partial charge in [0.15, 0.2) is 5.16 Å². The van der Waals surface area contributed by atoms with E-state index in [0.717, 1.165) is 21.9 Å². The summed E-state index contributed by atoms with van der Waals surface area (Å²) in [6.07, 6.45) is 0. The van der Waals surface area contributed by atoms with Crippen molar-refractivity contribution in [3.05, 3.63) is 54.6 Å². The molecule has 0 aliphatic heterocycles. The van der Waals surface area contributed by atoms with Crippen LogP contribution in [0.3, 0.4) is 0 Å². The number of imidazole rings is 1. The standard InChI is InChI=1S/C19H19N5OS/c1-12(2)16(17(25)20-13-8-4-3-5-9-13)26-19-23-22-18-21-14-10-6-7-11-15(14)24(18)19/h3-12,16H,1-2H3,(H,20,25)(H,21,22)/t16-/m0/s1. The quantitative estimate of drug-likeness (QED) is 0.525. The number of para-hydroxylation sites is 3. The fraction of sp³-hybridized carbons (Fsp3) is 0.211. The van der Waals surface area contributed by atoms with Gasteiger partial charge in [-0.1, -0.05) is 55.9 Å². The number of carbonyl (C=O) groups excluding carboxylic acids is 1. The molecule has 4 rings (SSSR count). The predicted molar refractivity (Wildman–Crippen MR) is 104 cm³/mol. The first-order valence-electron chi connectivity index (χ1n) is 8.47. The van der Waals surface area contributed by atoms with Crippen molar-refractivity contribution >= 4 is 40.2 Å². The summed E-state index contributed by atoms with van der Waals surface area (Å²) >= 11 is 1.45. The Balaban J connectivity index is 1.64. The van der Waals surface area contributed by atoms with Gasteiger partial charge in [-0.25, -0.2) is 10.1 Å². The lowest BCUT2D eigenvalue weighted by molar-refractivity contribution is -0.116. The van der Waals surface area contributed by atoms with E-state index >= 15 is 0 Å². The maximum absolute atomic E-state index is 12.8. The first kappa shape index (κ1) is 16.7. The molecular formula is C19H19N5OS. The third-order valence-electron chi connectivity index (χ3n) is 4.14. The van der Waals surface area contributed by atoms with Gasteiger partial charge in [0.05, 0.1) is 16.3 Å². The van der Waals surface area contributed by atoms with E-state index in [1.807, 2.05) is 72.8 Å². The highest BCUT2D eigenvalue weighted by Gasteiger charge is 2.26. The Morgan fingerprint density at radius 2 is 1.85 bits per heavy atom. The molecule has 1 atom stereocenters. The number of rotatable bonds is 5. The molecule has 26 heavy (non-hydrogen) atoms. The van der Waals surface area contributed by atoms with Crippen molar-refractivity contribution in [1.82, 2.24) is 19.6 Å². The highest BCUT2D eigenvalue weighted by molar-refractivity contribution is 8.00. The molecule has 7 heteroatoms. The Morgan fingerprint density at radius 3 is 2.62 bits per heavy atom. The third-order valence-corrected chi connectivity index (χ3v) is 5.64. The van der Waals surface area contributed by atoms with E-state index in [-0.39, 0.29) is 17.1 Å². The Hall–Kier alpha value is -2.80. The number of anilines is 1. The number of thioether (sulfide) groups is 1. The fourth-order valence-electron chi connectivity index (χ4n) is 2.86. The van der Waals surface area contributed by atoms with Crippen LogP contribution in [0.5, 0.6) is 0 Å². The minimum atomic E-state index is -0.275. The number of nitrogens with one attached hydrogen (secondary N) is 2. The van der Waals surface area contributed by atoms with Crippen molar-refractivity contribution < 1.29 is 4.79 Å². The topological polar surface area (TPSA) is 75.1 Å². The number of H-pyrrole nitrogens is 1. The molecule has 2 aromatic heterocycles. The number of carbonyl (C=O) groups is 1. The van der Waals surface area contributed by atoms with E-state index in [1.165, 1.54) is 11.8 Å². The summed E-state index contributed by atoms with van der Waals surface area (Å²) in [5, 5.41) is 10.8. The number of aromatic nitrogens is 4. The molecule has 2 N–H and O–H groups in total. The zero-order valence-corrected chi connectivity index (χ0v) is 15.3. The zero-order valence-electron chi connectivity index (χ0n) is 14.5. The SMILES string of the molecule is CC(C)[C@H](Sc1n[nH]c2nc3ccccc3n12)C(=O)Nc1ccccc1. The molecule has 0 spiro atoms. The van der Waals surface area contributed by atoms with Crippen molar-refractivity contribution in [2.24, 2.45) is 5.92 Å². The second-order valence-corrected chi connectivity index (χ2v) is 7.51. The number of aromatic amines is 1. The number of fused-ring (bicyclic) bond motifs is 3. The lowest BCUT2D eigenvalue weighted by atomic mass is 10.1. The second kappa shape index (κ2) is 6.84. The molecule has 0 aliphatic rings. The monoisotopic (exact) mass is 365 g/mol. The van der Waals surface area contributed by atoms with Gasteiger partial charge in [0.25, 0.3) is 0 Å². The summed E-state index contributed by atoms with van der Waals surface area (Å²) in [6, 6.07) is 17.4. The maximum Gasteiger partial charge on any atom is 0.238 e. The molecule has 6 nitrogen and oxygen atoms in total. The normalized spacial score (nSPS) is 12.7. The average Bonchev–Trinajstić information content (AvgIpc) is 3.19. The van der Waals surface area contributed by atoms with Crippen LogP contribution in [0, 0.1) is 5.92 Å². The fourth-order valence-corrected chi connectivity index (χ4v) is 3.92. The van der Waals surface area contributed by atoms with Gasteiger partial charge in [0.1, 0.15) is 0 Å². The van der Waals surface area contributed by atoms with Gasteiger partial charge < -0.3 is 5.32 Å². The Labute approximate surface area is 155 Å². The van der Waals surface area contributed by atoms with Gasteiger partial charge in [0.2, 0.25) is 11.7 Å². The molecule has 0 saturated heterocycles. The maximum atomic E-state index is 12.8. The van der Waals surface area contributed by atoms with Crippen LogP contribution in [0.4, 0.5) is 5.69 Å². The molecule has 2 aromatic carbocycles. The summed E-state index contributed by atoms with van der Waals surface area (Å²) in [7, 11) is 0. The molecule has 0 fully saturated rings. The molecular weight excluding hydrogens is 346 g/mol. The van der Waals surface area contributed by atoms with Crippen LogP contribution in [-0.2, 0) is 4.79 Å². The van der Waals surface area contributed by atoms with Gasteiger partial charge in [-0.15, -0.1) is 5.10 Å². The first-order chi connectivity index (χ1) is 12.6. The molecule has 0 saturated carbocycles. The molecule has 0 bridgehead atoms. The highest BCUT2D eigenvalue weighted by Crippen LogP contribution is 2.30. The van der Waals surface area contributed by atoms with Crippen molar-refractivity contribution in [2.45, 2.75) is 24.3 Å². The predicted octanol–water partition coefficient (Wildman–Crippen LogP) is 3.97. The number of hydrogen-bond donors (Lipinski definition) is 2. The van der Waals surface area contributed by atoms with E-state index in [1.54, 1.807) is 0 Å². The molecule has 132 valence electrons. The zero-order chi connectivity index (χ0) is 18.1. The van der Waals surface area contributed by atoms with Crippen molar-refractivity contribution in [2.75, 3.05) is 5.32 Å². The highest BCUT2D eigenvalue weighted by atomic mass is 32.2. The minimum Gasteiger partial charge on any atom is -0.325 e. The first-order valence-corrected chi connectivity index (χ1v) is 9.35. The van der Waals surface area contributed by atoms with Crippen LogP contribution < -0.4 is 5.32 Å². The minimum absolute atomic E-state index is 0.0308. The van der Waals surface area contributed by atoms with Gasteiger partial charge >= 0.3 is 0 Å². The average molecular weight is 365 g/mol. The van der Waals surface area contributed by atoms with Crippen LogP contribution in [0.15, 0.2) is 59.8 Å². The van der Waals surface area contributed by atoms with Gasteiger partial charge in [-0.3, -0.25) is 9.20 Å². The summed E-state index contributed by atoms with van der Waals surface area (Å²) in [5.74, 6) is 0.793. The molecule has 0 unspecified atom stereocenters. The van der Waals surface area contributed by atoms with Crippen LogP contribution >= 0.6 is 11.8 Å². The van der Waals surface area contributed by atoms with Crippen molar-refractivity contribution in [3.8, 4) is 0 Å². The Kier molecular flexibility index (Phi) is 4.38. The Bertz CT molecular complexity index is 1050. The van der Waals surface area contributed by atoms with E-state index in [4.69, 9.17) is 0 Å². The molecule has 2 heterocycles. The lowest BCUT2D eigenvalue weighted by Gasteiger charge is -2.18. The van der Waals surface area contributed by atoms with E-state index in [2.05, 4.69) is 20.5 Å². The van der Waals surface area contributed by atoms with Crippen LogP contribution in [0.1, 0.15) is 13.8 Å². The van der Waals surface area contributed by atoms with E-state index in [9.17, 15) is 4.79 Å². The van der Waals surface area contributed by atoms with Crippen molar-refractivity contribution in [1.29, 1.82) is 0 Å². The van der Waals surface area contributed by atoms with Crippen LogP contribution in [0.2, 0.25) is 0 Å². The third kappa shape index (κ3) is 3.06. The van der Waals surface area contributed by atoms with Crippen LogP contribution in [-0.4, -0.2) is 30.7 Å². The number of amides is 1. The summed E-state index contributed by atoms with van der Waals surface area (Å²) in [6.45, 7) is 4.08. The van der Waals surface area contributed by atoms with Crippen molar-refractivity contribution in [3.63, 3.8) is 0 Å². The number of benzene rings is 2. The summed E-state index contributed by atoms with van der Waals surface area (Å²) in [5.41, 5.74) is 2.67. The molecule has 4 aromatic rings. The number of hydrogen-bond acceptors (Lipinski definition) is 4. The molecule has 1 amide bonds. The van der Waals surface area contributed by atoms with Gasteiger partial charge in [-0.05, 0) is 30.2 Å². The van der Waals surface area contributed by atoms with E-state index in [0.29, 0.717) is 5.78 Å². The number of nitrogens with zero attached hydrogens (tertiary/aromatic N) is 3. The second-order valence-electron chi connectivity index (χ2n) is 6.40. The summed E-state index contributed by atoms with van der Waals surface area (Å²) in [4.78, 5) is 17.4. The van der Waals surface area contributed by atoms with Gasteiger partial charge in [-0.2, -0.15) is 0 Å². The van der Waals surface area contributed by atoms with Crippen LogP contribution in [0.25, 0.3) is 16.8 Å².